The Labute approximate surface area is 178 Å². The zero-order valence-corrected chi connectivity index (χ0v) is 17.2. The number of ether oxygens (including phenoxy) is 1. The molecule has 1 aromatic heterocycles. The summed E-state index contributed by atoms with van der Waals surface area (Å²) in [4.78, 5) is 31.0. The number of methoxy groups -OCH3 is 1. The van der Waals surface area contributed by atoms with Gasteiger partial charge in [0.1, 0.15) is 23.4 Å². The van der Waals surface area contributed by atoms with E-state index in [1.54, 1.807) is 26.2 Å². The van der Waals surface area contributed by atoms with Crippen LogP contribution in [-0.4, -0.2) is 34.5 Å². The second kappa shape index (κ2) is 8.22. The molecular formula is C23H22FN3O4. The van der Waals surface area contributed by atoms with Crippen LogP contribution in [-0.2, 0) is 17.8 Å². The third-order valence-corrected chi connectivity index (χ3v) is 5.38. The van der Waals surface area contributed by atoms with Crippen LogP contribution in [0.1, 0.15) is 24.6 Å². The number of imide groups is 1. The fourth-order valence-electron chi connectivity index (χ4n) is 3.51. The van der Waals surface area contributed by atoms with Crippen molar-refractivity contribution in [3.05, 3.63) is 71.9 Å². The predicted molar refractivity (Wildman–Crippen MR) is 111 cm³/mol. The van der Waals surface area contributed by atoms with Gasteiger partial charge in [0.15, 0.2) is 0 Å². The number of benzene rings is 2. The molecule has 1 N–H and O–H groups in total. The van der Waals surface area contributed by atoms with Gasteiger partial charge in [-0.3, -0.25) is 9.69 Å². The normalized spacial score (nSPS) is 18.4. The highest BCUT2D eigenvalue weighted by Crippen LogP contribution is 2.26. The Hall–Kier alpha value is -3.68. The molecule has 2 aromatic carbocycles. The number of hydrogen-bond acceptors (Lipinski definition) is 5. The lowest BCUT2D eigenvalue weighted by Gasteiger charge is -2.21. The molecule has 2 heterocycles. The number of hydrogen-bond donors (Lipinski definition) is 1. The van der Waals surface area contributed by atoms with E-state index in [9.17, 15) is 14.0 Å². The van der Waals surface area contributed by atoms with Crippen LogP contribution in [0.25, 0.3) is 11.5 Å². The molecule has 7 nitrogen and oxygen atoms in total. The van der Waals surface area contributed by atoms with Gasteiger partial charge in [-0.25, -0.2) is 14.2 Å². The maximum Gasteiger partial charge on any atom is 0.325 e. The van der Waals surface area contributed by atoms with Crippen LogP contribution in [0.15, 0.2) is 59.2 Å². The topological polar surface area (TPSA) is 84.7 Å². The zero-order chi connectivity index (χ0) is 22.0. The summed E-state index contributed by atoms with van der Waals surface area (Å²) < 4.78 is 23.7. The Bertz CT molecular complexity index is 1090. The molecule has 160 valence electrons. The monoisotopic (exact) mass is 423 g/mol. The van der Waals surface area contributed by atoms with Gasteiger partial charge >= 0.3 is 6.03 Å². The quantitative estimate of drug-likeness (QED) is 0.582. The molecule has 0 radical (unpaired) electrons. The van der Waals surface area contributed by atoms with E-state index < -0.39 is 11.6 Å². The van der Waals surface area contributed by atoms with Crippen molar-refractivity contribution in [3.8, 4) is 17.2 Å². The average Bonchev–Trinajstić information content (AvgIpc) is 3.32. The predicted octanol–water partition coefficient (Wildman–Crippen LogP) is 3.93. The van der Waals surface area contributed by atoms with Crippen molar-refractivity contribution >= 4 is 11.9 Å². The molecule has 31 heavy (non-hydrogen) atoms. The highest BCUT2D eigenvalue weighted by atomic mass is 19.1. The molecule has 0 spiro atoms. The molecule has 1 atom stereocenters. The van der Waals surface area contributed by atoms with E-state index in [1.165, 1.54) is 18.4 Å². The van der Waals surface area contributed by atoms with Crippen molar-refractivity contribution in [1.29, 1.82) is 0 Å². The second-order valence-electron chi connectivity index (χ2n) is 7.65. The fraction of sp³-hybridized carbons (Fsp3) is 0.261. The fourth-order valence-corrected chi connectivity index (χ4v) is 3.51. The van der Waals surface area contributed by atoms with Crippen molar-refractivity contribution in [2.24, 2.45) is 0 Å². The molecule has 0 aliphatic carbocycles. The lowest BCUT2D eigenvalue weighted by Crippen LogP contribution is -2.44. The highest BCUT2D eigenvalue weighted by molar-refractivity contribution is 6.06. The first-order valence-corrected chi connectivity index (χ1v) is 9.85. The van der Waals surface area contributed by atoms with Gasteiger partial charge < -0.3 is 14.5 Å². The Kier molecular flexibility index (Phi) is 5.46. The maximum absolute atomic E-state index is 13.1. The Morgan fingerprint density at radius 2 is 1.84 bits per heavy atom. The summed E-state index contributed by atoms with van der Waals surface area (Å²) in [5, 5.41) is 2.80. The van der Waals surface area contributed by atoms with Crippen LogP contribution in [0.5, 0.6) is 5.75 Å². The van der Waals surface area contributed by atoms with Gasteiger partial charge in [-0.15, -0.1) is 0 Å². The number of aryl methyl sites for hydroxylation is 1. The van der Waals surface area contributed by atoms with Gasteiger partial charge in [-0.1, -0.05) is 12.1 Å². The second-order valence-corrected chi connectivity index (χ2v) is 7.65. The first-order chi connectivity index (χ1) is 14.9. The third kappa shape index (κ3) is 4.28. The molecular weight excluding hydrogens is 401 g/mol. The smallest absolute Gasteiger partial charge is 0.325 e. The maximum atomic E-state index is 13.1. The molecule has 1 aliphatic rings. The summed E-state index contributed by atoms with van der Waals surface area (Å²) in [5.74, 6) is 0.393. The SMILES string of the molecule is COc1ccc(CC[C@@]2(C)NC(=O)N(Cc3coc(-c4ccc(F)cc4)n3)C2=O)cc1. The summed E-state index contributed by atoms with van der Waals surface area (Å²) in [6, 6.07) is 12.9. The molecule has 0 unspecified atom stereocenters. The van der Waals surface area contributed by atoms with E-state index in [1.807, 2.05) is 24.3 Å². The molecule has 0 saturated carbocycles. The van der Waals surface area contributed by atoms with Crippen LogP contribution in [0.2, 0.25) is 0 Å². The number of oxazole rings is 1. The largest absolute Gasteiger partial charge is 0.497 e. The number of amides is 3. The first-order valence-electron chi connectivity index (χ1n) is 9.85. The Morgan fingerprint density at radius 3 is 2.52 bits per heavy atom. The summed E-state index contributed by atoms with van der Waals surface area (Å²) in [6.45, 7) is 1.72. The van der Waals surface area contributed by atoms with Crippen molar-refractivity contribution in [3.63, 3.8) is 0 Å². The van der Waals surface area contributed by atoms with Crippen LogP contribution in [0, 0.1) is 5.82 Å². The van der Waals surface area contributed by atoms with E-state index in [4.69, 9.17) is 9.15 Å². The molecule has 1 aliphatic heterocycles. The number of carbonyl (C=O) groups excluding carboxylic acids is 2. The molecule has 1 saturated heterocycles. The van der Waals surface area contributed by atoms with Gasteiger partial charge in [0.25, 0.3) is 5.91 Å². The van der Waals surface area contributed by atoms with E-state index in [0.29, 0.717) is 30.0 Å². The van der Waals surface area contributed by atoms with Gasteiger partial charge in [-0.05, 0) is 61.7 Å². The number of nitrogens with one attached hydrogen (secondary N) is 1. The molecule has 3 amide bonds. The summed E-state index contributed by atoms with van der Waals surface area (Å²) in [6.07, 6.45) is 2.48. The lowest BCUT2D eigenvalue weighted by molar-refractivity contribution is -0.131. The van der Waals surface area contributed by atoms with Crippen LogP contribution in [0.3, 0.4) is 0 Å². The van der Waals surface area contributed by atoms with Crippen LogP contribution >= 0.6 is 0 Å². The van der Waals surface area contributed by atoms with E-state index >= 15 is 0 Å². The van der Waals surface area contributed by atoms with Crippen LogP contribution in [0.4, 0.5) is 9.18 Å². The number of nitrogens with zero attached hydrogens (tertiary/aromatic N) is 2. The van der Waals surface area contributed by atoms with E-state index in [0.717, 1.165) is 16.2 Å². The summed E-state index contributed by atoms with van der Waals surface area (Å²) >= 11 is 0. The minimum Gasteiger partial charge on any atom is -0.497 e. The Morgan fingerprint density at radius 1 is 1.13 bits per heavy atom. The minimum absolute atomic E-state index is 0.00646. The number of carbonyl (C=O) groups is 2. The van der Waals surface area contributed by atoms with E-state index in [2.05, 4.69) is 10.3 Å². The Balaban J connectivity index is 1.42. The lowest BCUT2D eigenvalue weighted by atomic mass is 9.93. The molecule has 4 rings (SSSR count). The van der Waals surface area contributed by atoms with Gasteiger partial charge in [-0.2, -0.15) is 0 Å². The van der Waals surface area contributed by atoms with Gasteiger partial charge in [0.05, 0.1) is 19.3 Å². The van der Waals surface area contributed by atoms with Crippen molar-refractivity contribution in [1.82, 2.24) is 15.2 Å². The number of rotatable bonds is 7. The average molecular weight is 423 g/mol. The molecule has 3 aromatic rings. The third-order valence-electron chi connectivity index (χ3n) is 5.38. The number of aromatic nitrogens is 1. The standard InChI is InChI=1S/C23H22FN3O4/c1-23(12-11-15-3-9-19(30-2)10-4-15)21(28)27(22(29)26-23)13-18-14-31-20(25-18)16-5-7-17(24)8-6-16/h3-10,14H,11-13H2,1-2H3,(H,26,29)/t23-/m1/s1. The number of urea groups is 1. The zero-order valence-electron chi connectivity index (χ0n) is 17.2. The summed E-state index contributed by atoms with van der Waals surface area (Å²) in [7, 11) is 1.61. The highest BCUT2D eigenvalue weighted by Gasteiger charge is 2.47. The minimum atomic E-state index is -0.999. The molecule has 1 fully saturated rings. The van der Waals surface area contributed by atoms with Crippen molar-refractivity contribution < 1.29 is 23.1 Å². The van der Waals surface area contributed by atoms with Crippen molar-refractivity contribution in [2.75, 3.05) is 7.11 Å². The van der Waals surface area contributed by atoms with Crippen molar-refractivity contribution in [2.45, 2.75) is 31.8 Å². The van der Waals surface area contributed by atoms with Gasteiger partial charge in [0.2, 0.25) is 5.89 Å². The summed E-state index contributed by atoms with van der Waals surface area (Å²) in [5.41, 5.74) is 1.08. The van der Waals surface area contributed by atoms with E-state index in [-0.39, 0.29) is 18.3 Å². The molecule has 8 heteroatoms. The molecule has 0 bridgehead atoms. The number of halogens is 1. The first kappa shape index (κ1) is 20.6. The van der Waals surface area contributed by atoms with Crippen LogP contribution < -0.4 is 10.1 Å². The van der Waals surface area contributed by atoms with Gasteiger partial charge in [0, 0.05) is 5.56 Å².